The lowest BCUT2D eigenvalue weighted by Gasteiger charge is -2.35. The molecule has 0 saturated carbocycles. The molecule has 0 radical (unpaired) electrons. The highest BCUT2D eigenvalue weighted by atomic mass is 35.5. The standard InChI is InChI=1S/C25H27ClN2O2/c1-29-24-17-21(9-12-23(24)30-18-19-5-3-2-4-6-19)25(28-15-13-27-14-16-28)20-7-10-22(26)11-8-20/h2-12,17,25,27H,13-16,18H2,1H3. The zero-order valence-electron chi connectivity index (χ0n) is 17.2. The van der Waals surface area contributed by atoms with E-state index in [4.69, 9.17) is 21.1 Å². The van der Waals surface area contributed by atoms with E-state index in [0.29, 0.717) is 6.61 Å². The first-order chi connectivity index (χ1) is 14.7. The van der Waals surface area contributed by atoms with Crippen molar-refractivity contribution in [3.05, 3.63) is 94.5 Å². The molecule has 1 N–H and O–H groups in total. The molecule has 0 aliphatic carbocycles. The minimum absolute atomic E-state index is 0.140. The van der Waals surface area contributed by atoms with Crippen LogP contribution in [0.2, 0.25) is 5.02 Å². The van der Waals surface area contributed by atoms with Crippen molar-refractivity contribution >= 4 is 11.6 Å². The molecule has 0 aromatic heterocycles. The summed E-state index contributed by atoms with van der Waals surface area (Å²) in [5, 5.41) is 4.19. The molecule has 0 bridgehead atoms. The van der Waals surface area contributed by atoms with Crippen LogP contribution >= 0.6 is 11.6 Å². The Bertz CT molecular complexity index is 941. The van der Waals surface area contributed by atoms with Crippen molar-refractivity contribution in [3.63, 3.8) is 0 Å². The van der Waals surface area contributed by atoms with Crippen molar-refractivity contribution in [2.45, 2.75) is 12.6 Å². The fraction of sp³-hybridized carbons (Fsp3) is 0.280. The SMILES string of the molecule is COc1cc(C(c2ccc(Cl)cc2)N2CCNCC2)ccc1OCc1ccccc1. The molecule has 4 rings (SSSR count). The minimum atomic E-state index is 0.140. The van der Waals surface area contributed by atoms with Gasteiger partial charge in [-0.1, -0.05) is 60.1 Å². The highest BCUT2D eigenvalue weighted by Crippen LogP contribution is 2.36. The fourth-order valence-corrected chi connectivity index (χ4v) is 4.03. The van der Waals surface area contributed by atoms with Crippen molar-refractivity contribution in [2.75, 3.05) is 33.3 Å². The maximum Gasteiger partial charge on any atom is 0.161 e. The third-order valence-corrected chi connectivity index (χ3v) is 5.70. The molecule has 1 heterocycles. The van der Waals surface area contributed by atoms with Gasteiger partial charge in [-0.15, -0.1) is 0 Å². The number of halogens is 1. The molecule has 1 aliphatic heterocycles. The van der Waals surface area contributed by atoms with Crippen LogP contribution < -0.4 is 14.8 Å². The number of hydrogen-bond donors (Lipinski definition) is 1. The van der Waals surface area contributed by atoms with Gasteiger partial charge in [0.15, 0.2) is 11.5 Å². The number of nitrogens with zero attached hydrogens (tertiary/aromatic N) is 1. The van der Waals surface area contributed by atoms with Crippen LogP contribution in [-0.2, 0) is 6.61 Å². The summed E-state index contributed by atoms with van der Waals surface area (Å²) < 4.78 is 11.7. The van der Waals surface area contributed by atoms with Crippen LogP contribution in [0.25, 0.3) is 0 Å². The van der Waals surface area contributed by atoms with Gasteiger partial charge in [0, 0.05) is 31.2 Å². The molecular formula is C25H27ClN2O2. The quantitative estimate of drug-likeness (QED) is 0.585. The summed E-state index contributed by atoms with van der Waals surface area (Å²) >= 11 is 6.14. The zero-order valence-corrected chi connectivity index (χ0v) is 17.9. The number of piperazine rings is 1. The van der Waals surface area contributed by atoms with Gasteiger partial charge in [0.1, 0.15) is 6.61 Å². The Labute approximate surface area is 183 Å². The number of benzene rings is 3. The molecular weight excluding hydrogens is 396 g/mol. The predicted octanol–water partition coefficient (Wildman–Crippen LogP) is 4.92. The van der Waals surface area contributed by atoms with E-state index in [9.17, 15) is 0 Å². The Morgan fingerprint density at radius 2 is 1.60 bits per heavy atom. The van der Waals surface area contributed by atoms with E-state index in [1.807, 2.05) is 36.4 Å². The van der Waals surface area contributed by atoms with E-state index < -0.39 is 0 Å². The van der Waals surface area contributed by atoms with Gasteiger partial charge in [0.25, 0.3) is 0 Å². The van der Waals surface area contributed by atoms with E-state index in [1.165, 1.54) is 11.1 Å². The highest BCUT2D eigenvalue weighted by Gasteiger charge is 2.25. The Morgan fingerprint density at radius 1 is 0.900 bits per heavy atom. The predicted molar refractivity (Wildman–Crippen MR) is 122 cm³/mol. The summed E-state index contributed by atoms with van der Waals surface area (Å²) in [5.74, 6) is 1.50. The molecule has 5 heteroatoms. The topological polar surface area (TPSA) is 33.7 Å². The van der Waals surface area contributed by atoms with Gasteiger partial charge in [-0.25, -0.2) is 0 Å². The van der Waals surface area contributed by atoms with Crippen molar-refractivity contribution in [1.29, 1.82) is 0 Å². The van der Waals surface area contributed by atoms with Crippen LogP contribution in [0, 0.1) is 0 Å². The smallest absolute Gasteiger partial charge is 0.161 e. The van der Waals surface area contributed by atoms with E-state index >= 15 is 0 Å². The van der Waals surface area contributed by atoms with Crippen molar-refractivity contribution in [3.8, 4) is 11.5 Å². The Hall–Kier alpha value is -2.53. The average molecular weight is 423 g/mol. The van der Waals surface area contributed by atoms with Crippen LogP contribution in [0.1, 0.15) is 22.7 Å². The van der Waals surface area contributed by atoms with E-state index in [-0.39, 0.29) is 6.04 Å². The second-order valence-electron chi connectivity index (χ2n) is 7.42. The summed E-state index contributed by atoms with van der Waals surface area (Å²) in [4.78, 5) is 2.50. The van der Waals surface area contributed by atoms with E-state index in [1.54, 1.807) is 7.11 Å². The van der Waals surface area contributed by atoms with Gasteiger partial charge in [-0.3, -0.25) is 4.90 Å². The molecule has 1 atom stereocenters. The summed E-state index contributed by atoms with van der Waals surface area (Å²) in [5.41, 5.74) is 3.54. The van der Waals surface area contributed by atoms with Gasteiger partial charge in [-0.05, 0) is 41.0 Å². The number of nitrogens with one attached hydrogen (secondary N) is 1. The second-order valence-corrected chi connectivity index (χ2v) is 7.86. The zero-order chi connectivity index (χ0) is 20.8. The number of methoxy groups -OCH3 is 1. The van der Waals surface area contributed by atoms with Crippen LogP contribution in [0.15, 0.2) is 72.8 Å². The monoisotopic (exact) mass is 422 g/mol. The lowest BCUT2D eigenvalue weighted by atomic mass is 9.96. The first-order valence-electron chi connectivity index (χ1n) is 10.3. The van der Waals surface area contributed by atoms with Crippen molar-refractivity contribution in [1.82, 2.24) is 10.2 Å². The van der Waals surface area contributed by atoms with Crippen molar-refractivity contribution in [2.24, 2.45) is 0 Å². The summed E-state index contributed by atoms with van der Waals surface area (Å²) in [6.07, 6.45) is 0. The molecule has 3 aromatic carbocycles. The summed E-state index contributed by atoms with van der Waals surface area (Å²) in [7, 11) is 1.69. The average Bonchev–Trinajstić information content (AvgIpc) is 2.81. The van der Waals surface area contributed by atoms with Crippen LogP contribution in [-0.4, -0.2) is 38.2 Å². The lowest BCUT2D eigenvalue weighted by molar-refractivity contribution is 0.198. The molecule has 1 unspecified atom stereocenters. The lowest BCUT2D eigenvalue weighted by Crippen LogP contribution is -2.45. The molecule has 0 spiro atoms. The third kappa shape index (κ3) is 4.96. The van der Waals surface area contributed by atoms with Crippen LogP contribution in [0.3, 0.4) is 0 Å². The third-order valence-electron chi connectivity index (χ3n) is 5.44. The van der Waals surface area contributed by atoms with Crippen LogP contribution in [0.4, 0.5) is 0 Å². The maximum absolute atomic E-state index is 6.14. The van der Waals surface area contributed by atoms with Gasteiger partial charge in [0.2, 0.25) is 0 Å². The second kappa shape index (κ2) is 9.98. The molecule has 156 valence electrons. The molecule has 3 aromatic rings. The van der Waals surface area contributed by atoms with E-state index in [0.717, 1.165) is 48.3 Å². The van der Waals surface area contributed by atoms with Crippen LogP contribution in [0.5, 0.6) is 11.5 Å². The normalized spacial score (nSPS) is 15.5. The van der Waals surface area contributed by atoms with Gasteiger partial charge in [-0.2, -0.15) is 0 Å². The van der Waals surface area contributed by atoms with Gasteiger partial charge in [0.05, 0.1) is 13.2 Å². The molecule has 4 nitrogen and oxygen atoms in total. The molecule has 30 heavy (non-hydrogen) atoms. The largest absolute Gasteiger partial charge is 0.493 e. The Morgan fingerprint density at radius 3 is 2.30 bits per heavy atom. The summed E-state index contributed by atoms with van der Waals surface area (Å²) in [6.45, 7) is 4.46. The number of ether oxygens (including phenoxy) is 2. The fourth-order valence-electron chi connectivity index (χ4n) is 3.91. The molecule has 1 aliphatic rings. The van der Waals surface area contributed by atoms with E-state index in [2.05, 4.69) is 46.6 Å². The summed E-state index contributed by atoms with van der Waals surface area (Å²) in [6, 6.07) is 24.7. The maximum atomic E-state index is 6.14. The molecule has 1 fully saturated rings. The Kier molecular flexibility index (Phi) is 6.90. The van der Waals surface area contributed by atoms with Gasteiger partial charge < -0.3 is 14.8 Å². The highest BCUT2D eigenvalue weighted by molar-refractivity contribution is 6.30. The number of rotatable bonds is 7. The first-order valence-corrected chi connectivity index (χ1v) is 10.7. The molecule has 0 amide bonds. The van der Waals surface area contributed by atoms with Gasteiger partial charge >= 0.3 is 0 Å². The Balaban J connectivity index is 1.62. The molecule has 1 saturated heterocycles. The first kappa shape index (κ1) is 20.7. The van der Waals surface area contributed by atoms with Crippen molar-refractivity contribution < 1.29 is 9.47 Å². The number of hydrogen-bond acceptors (Lipinski definition) is 4. The minimum Gasteiger partial charge on any atom is -0.493 e.